The standard InChI is InChI=1S/C20H20N4O4/c1-2-14-7-9-15(10-8-14)28-12-19(26)23-22-18(25)11-24-13-21-17-6-4-3-5-16(17)20(24)27/h3-10,13H,2,11-12H2,1H3,(H,22,25)(H,23,26). The highest BCUT2D eigenvalue weighted by Gasteiger charge is 2.09. The minimum absolute atomic E-state index is 0.247. The van der Waals surface area contributed by atoms with Crippen molar-refractivity contribution in [1.29, 1.82) is 0 Å². The fourth-order valence-electron chi connectivity index (χ4n) is 2.56. The van der Waals surface area contributed by atoms with Crippen molar-refractivity contribution in [3.8, 4) is 5.75 Å². The number of ether oxygens (including phenoxy) is 1. The number of nitrogens with one attached hydrogen (secondary N) is 2. The summed E-state index contributed by atoms with van der Waals surface area (Å²) in [6, 6.07) is 14.3. The van der Waals surface area contributed by atoms with E-state index in [9.17, 15) is 14.4 Å². The van der Waals surface area contributed by atoms with Gasteiger partial charge in [0.2, 0.25) is 0 Å². The number of hydrogen-bond donors (Lipinski definition) is 2. The van der Waals surface area contributed by atoms with Crippen LogP contribution in [0, 0.1) is 0 Å². The molecule has 0 aliphatic rings. The van der Waals surface area contributed by atoms with Crippen LogP contribution < -0.4 is 21.1 Å². The van der Waals surface area contributed by atoms with Gasteiger partial charge in [0.15, 0.2) is 6.61 Å². The molecule has 0 saturated heterocycles. The highest BCUT2D eigenvalue weighted by molar-refractivity contribution is 5.83. The molecule has 0 atom stereocenters. The lowest BCUT2D eigenvalue weighted by molar-refractivity contribution is -0.130. The van der Waals surface area contributed by atoms with Gasteiger partial charge in [-0.15, -0.1) is 0 Å². The number of amides is 2. The zero-order chi connectivity index (χ0) is 19.9. The van der Waals surface area contributed by atoms with Crippen molar-refractivity contribution in [2.45, 2.75) is 19.9 Å². The van der Waals surface area contributed by atoms with E-state index in [0.717, 1.165) is 6.42 Å². The van der Waals surface area contributed by atoms with E-state index in [0.29, 0.717) is 16.7 Å². The molecule has 144 valence electrons. The first-order valence-electron chi connectivity index (χ1n) is 8.80. The van der Waals surface area contributed by atoms with Crippen LogP contribution in [0.4, 0.5) is 0 Å². The third-order valence-electron chi connectivity index (χ3n) is 4.09. The van der Waals surface area contributed by atoms with E-state index >= 15 is 0 Å². The normalized spacial score (nSPS) is 10.5. The summed E-state index contributed by atoms with van der Waals surface area (Å²) in [5.74, 6) is -0.510. The topological polar surface area (TPSA) is 102 Å². The molecule has 8 heteroatoms. The highest BCUT2D eigenvalue weighted by atomic mass is 16.5. The van der Waals surface area contributed by atoms with E-state index in [1.165, 1.54) is 16.5 Å². The van der Waals surface area contributed by atoms with Gasteiger partial charge in [0.25, 0.3) is 17.4 Å². The van der Waals surface area contributed by atoms with Crippen LogP contribution in [-0.2, 0) is 22.6 Å². The molecule has 3 aromatic rings. The van der Waals surface area contributed by atoms with Crippen LogP contribution in [0.15, 0.2) is 59.7 Å². The molecule has 2 amide bonds. The van der Waals surface area contributed by atoms with Crippen LogP contribution >= 0.6 is 0 Å². The van der Waals surface area contributed by atoms with E-state index in [1.54, 1.807) is 36.4 Å². The molecule has 0 bridgehead atoms. The Morgan fingerprint density at radius 3 is 2.50 bits per heavy atom. The minimum Gasteiger partial charge on any atom is -0.484 e. The molecule has 0 aliphatic heterocycles. The Bertz CT molecular complexity index is 1040. The van der Waals surface area contributed by atoms with Gasteiger partial charge in [-0.25, -0.2) is 4.98 Å². The third kappa shape index (κ3) is 4.73. The maximum Gasteiger partial charge on any atom is 0.276 e. The minimum atomic E-state index is -0.556. The van der Waals surface area contributed by atoms with Gasteiger partial charge in [0.05, 0.1) is 17.2 Å². The van der Waals surface area contributed by atoms with Gasteiger partial charge < -0.3 is 4.74 Å². The number of hydrazine groups is 1. The molecule has 1 aromatic heterocycles. The molecule has 8 nitrogen and oxygen atoms in total. The Labute approximate surface area is 161 Å². The largest absolute Gasteiger partial charge is 0.484 e. The first-order chi connectivity index (χ1) is 13.6. The number of carbonyl (C=O) groups excluding carboxylic acids is 2. The summed E-state index contributed by atoms with van der Waals surface area (Å²) < 4.78 is 6.53. The molecule has 0 radical (unpaired) electrons. The number of aromatic nitrogens is 2. The molecule has 0 aliphatic carbocycles. The zero-order valence-corrected chi connectivity index (χ0v) is 15.3. The fraction of sp³-hybridized carbons (Fsp3) is 0.200. The van der Waals surface area contributed by atoms with Gasteiger partial charge in [-0.05, 0) is 36.2 Å². The van der Waals surface area contributed by atoms with Crippen LogP contribution in [0.5, 0.6) is 5.75 Å². The SMILES string of the molecule is CCc1ccc(OCC(=O)NNC(=O)Cn2cnc3ccccc3c2=O)cc1. The van der Waals surface area contributed by atoms with E-state index in [-0.39, 0.29) is 18.7 Å². The summed E-state index contributed by atoms with van der Waals surface area (Å²) in [6.45, 7) is 1.54. The fourth-order valence-corrected chi connectivity index (χ4v) is 2.56. The number of aryl methyl sites for hydroxylation is 1. The Balaban J connectivity index is 1.49. The number of rotatable bonds is 6. The Kier molecular flexibility index (Phi) is 6.01. The highest BCUT2D eigenvalue weighted by Crippen LogP contribution is 2.12. The second-order valence-electron chi connectivity index (χ2n) is 6.08. The molecular weight excluding hydrogens is 360 g/mol. The monoisotopic (exact) mass is 380 g/mol. The first-order valence-corrected chi connectivity index (χ1v) is 8.80. The molecule has 1 heterocycles. The number of para-hydroxylation sites is 1. The summed E-state index contributed by atoms with van der Waals surface area (Å²) in [5, 5.41) is 0.421. The summed E-state index contributed by atoms with van der Waals surface area (Å²) in [4.78, 5) is 40.3. The summed E-state index contributed by atoms with van der Waals surface area (Å²) in [7, 11) is 0. The lowest BCUT2D eigenvalue weighted by Crippen LogP contribution is -2.45. The average Bonchev–Trinajstić information content (AvgIpc) is 2.73. The molecule has 2 N–H and O–H groups in total. The average molecular weight is 380 g/mol. The van der Waals surface area contributed by atoms with Crippen molar-refractivity contribution in [1.82, 2.24) is 20.4 Å². The van der Waals surface area contributed by atoms with E-state index in [4.69, 9.17) is 4.74 Å². The first kappa shape index (κ1) is 19.1. The molecule has 0 spiro atoms. The quantitative estimate of drug-likeness (QED) is 0.626. The Hall–Kier alpha value is -3.68. The van der Waals surface area contributed by atoms with Crippen molar-refractivity contribution in [3.63, 3.8) is 0 Å². The van der Waals surface area contributed by atoms with Crippen molar-refractivity contribution in [2.75, 3.05) is 6.61 Å². The van der Waals surface area contributed by atoms with Gasteiger partial charge in [0, 0.05) is 0 Å². The molecule has 0 fully saturated rings. The lowest BCUT2D eigenvalue weighted by atomic mass is 10.2. The molecule has 28 heavy (non-hydrogen) atoms. The summed E-state index contributed by atoms with van der Waals surface area (Å²) in [5.41, 5.74) is 5.91. The number of benzene rings is 2. The Morgan fingerprint density at radius 2 is 1.75 bits per heavy atom. The van der Waals surface area contributed by atoms with Gasteiger partial charge in [-0.1, -0.05) is 31.2 Å². The van der Waals surface area contributed by atoms with E-state index in [1.807, 2.05) is 19.1 Å². The summed E-state index contributed by atoms with van der Waals surface area (Å²) in [6.07, 6.45) is 2.22. The predicted molar refractivity (Wildman–Crippen MR) is 104 cm³/mol. The number of fused-ring (bicyclic) bond motifs is 1. The second-order valence-corrected chi connectivity index (χ2v) is 6.08. The van der Waals surface area contributed by atoms with Gasteiger partial charge in [-0.2, -0.15) is 0 Å². The van der Waals surface area contributed by atoms with E-state index < -0.39 is 11.8 Å². The molecular formula is C20H20N4O4. The van der Waals surface area contributed by atoms with Crippen molar-refractivity contribution >= 4 is 22.7 Å². The Morgan fingerprint density at radius 1 is 1.04 bits per heavy atom. The molecule has 3 rings (SSSR count). The van der Waals surface area contributed by atoms with Crippen LogP contribution in [0.1, 0.15) is 12.5 Å². The van der Waals surface area contributed by atoms with Gasteiger partial charge in [0.1, 0.15) is 12.3 Å². The molecule has 2 aromatic carbocycles. The number of carbonyl (C=O) groups is 2. The lowest BCUT2D eigenvalue weighted by Gasteiger charge is -2.10. The van der Waals surface area contributed by atoms with Crippen LogP contribution in [-0.4, -0.2) is 28.0 Å². The number of hydrogen-bond acceptors (Lipinski definition) is 5. The molecule has 0 unspecified atom stereocenters. The second kappa shape index (κ2) is 8.81. The predicted octanol–water partition coefficient (Wildman–Crippen LogP) is 1.19. The number of nitrogens with zero attached hydrogens (tertiary/aromatic N) is 2. The van der Waals surface area contributed by atoms with Crippen LogP contribution in [0.2, 0.25) is 0 Å². The van der Waals surface area contributed by atoms with Crippen molar-refractivity contribution < 1.29 is 14.3 Å². The smallest absolute Gasteiger partial charge is 0.276 e. The van der Waals surface area contributed by atoms with Gasteiger partial charge >= 0.3 is 0 Å². The van der Waals surface area contributed by atoms with E-state index in [2.05, 4.69) is 15.8 Å². The van der Waals surface area contributed by atoms with Crippen LogP contribution in [0.3, 0.4) is 0 Å². The summed E-state index contributed by atoms with van der Waals surface area (Å²) >= 11 is 0. The maximum atomic E-state index is 12.3. The van der Waals surface area contributed by atoms with Gasteiger partial charge in [-0.3, -0.25) is 29.8 Å². The van der Waals surface area contributed by atoms with Crippen molar-refractivity contribution in [3.05, 3.63) is 70.8 Å². The maximum absolute atomic E-state index is 12.3. The zero-order valence-electron chi connectivity index (χ0n) is 15.3. The van der Waals surface area contributed by atoms with Crippen LogP contribution in [0.25, 0.3) is 10.9 Å². The third-order valence-corrected chi connectivity index (χ3v) is 4.09. The molecule has 0 saturated carbocycles. The van der Waals surface area contributed by atoms with Crippen molar-refractivity contribution in [2.24, 2.45) is 0 Å².